The lowest BCUT2D eigenvalue weighted by molar-refractivity contribution is -0.117. The van der Waals surface area contributed by atoms with Gasteiger partial charge in [0.1, 0.15) is 0 Å². The van der Waals surface area contributed by atoms with Gasteiger partial charge in [0.15, 0.2) is 0 Å². The minimum atomic E-state index is -0.0504. The molecule has 1 unspecified atom stereocenters. The average molecular weight is 203 g/mol. The second kappa shape index (κ2) is 5.35. The van der Waals surface area contributed by atoms with E-state index in [1.54, 1.807) is 6.08 Å². The van der Waals surface area contributed by atoms with E-state index in [0.29, 0.717) is 0 Å². The van der Waals surface area contributed by atoms with Crippen LogP contribution in [0.1, 0.15) is 31.0 Å². The number of hydrogen-bond donors (Lipinski definition) is 1. The normalized spacial score (nSPS) is 12.7. The Labute approximate surface area is 91.0 Å². The quantitative estimate of drug-likeness (QED) is 0.752. The number of hydrogen-bond acceptors (Lipinski definition) is 1. The van der Waals surface area contributed by atoms with E-state index in [4.69, 9.17) is 0 Å². The molecule has 1 aromatic rings. The van der Waals surface area contributed by atoms with Crippen LogP contribution in [0.3, 0.4) is 0 Å². The van der Waals surface area contributed by atoms with Crippen molar-refractivity contribution >= 4 is 5.91 Å². The zero-order chi connectivity index (χ0) is 11.3. The molecule has 0 aliphatic rings. The standard InChI is InChI=1S/C13H17NO/c1-4-5-13(15)14-11(3)12-8-6-10(2)7-9-12/h4-9,11H,1-3H3,(H,14,15). The molecule has 0 radical (unpaired) electrons. The second-order valence-electron chi connectivity index (χ2n) is 3.64. The van der Waals surface area contributed by atoms with Gasteiger partial charge in [-0.05, 0) is 32.4 Å². The fraction of sp³-hybridized carbons (Fsp3) is 0.308. The second-order valence-corrected chi connectivity index (χ2v) is 3.64. The Morgan fingerprint density at radius 1 is 1.33 bits per heavy atom. The Morgan fingerprint density at radius 3 is 2.47 bits per heavy atom. The van der Waals surface area contributed by atoms with Gasteiger partial charge in [0.2, 0.25) is 5.91 Å². The zero-order valence-corrected chi connectivity index (χ0v) is 9.45. The molecule has 1 atom stereocenters. The third kappa shape index (κ3) is 3.58. The number of nitrogens with one attached hydrogen (secondary N) is 1. The molecule has 0 aliphatic carbocycles. The smallest absolute Gasteiger partial charge is 0.244 e. The van der Waals surface area contributed by atoms with Crippen molar-refractivity contribution in [1.29, 1.82) is 0 Å². The minimum absolute atomic E-state index is 0.0503. The van der Waals surface area contributed by atoms with Crippen LogP contribution >= 0.6 is 0 Å². The van der Waals surface area contributed by atoms with Crippen LogP contribution < -0.4 is 5.32 Å². The van der Waals surface area contributed by atoms with Gasteiger partial charge in [0, 0.05) is 0 Å². The Morgan fingerprint density at radius 2 is 1.93 bits per heavy atom. The van der Waals surface area contributed by atoms with Crippen LogP contribution in [0.15, 0.2) is 36.4 Å². The van der Waals surface area contributed by atoms with Gasteiger partial charge in [-0.25, -0.2) is 0 Å². The maximum atomic E-state index is 11.3. The number of rotatable bonds is 3. The summed E-state index contributed by atoms with van der Waals surface area (Å²) in [5.74, 6) is -0.0504. The summed E-state index contributed by atoms with van der Waals surface area (Å²) < 4.78 is 0. The van der Waals surface area contributed by atoms with Crippen LogP contribution in [0.5, 0.6) is 0 Å². The summed E-state index contributed by atoms with van der Waals surface area (Å²) in [5.41, 5.74) is 2.35. The molecule has 80 valence electrons. The van der Waals surface area contributed by atoms with E-state index in [9.17, 15) is 4.79 Å². The first kappa shape index (κ1) is 11.5. The predicted molar refractivity (Wildman–Crippen MR) is 62.6 cm³/mol. The maximum absolute atomic E-state index is 11.3. The van der Waals surface area contributed by atoms with Crippen molar-refractivity contribution in [2.75, 3.05) is 0 Å². The van der Waals surface area contributed by atoms with Crippen LogP contribution in [-0.2, 0) is 4.79 Å². The molecule has 0 saturated carbocycles. The highest BCUT2D eigenvalue weighted by Crippen LogP contribution is 2.12. The molecule has 0 aromatic heterocycles. The van der Waals surface area contributed by atoms with E-state index in [2.05, 4.69) is 5.32 Å². The van der Waals surface area contributed by atoms with Crippen molar-refractivity contribution < 1.29 is 4.79 Å². The van der Waals surface area contributed by atoms with Crippen LogP contribution in [-0.4, -0.2) is 5.91 Å². The monoisotopic (exact) mass is 203 g/mol. The molecule has 0 heterocycles. The molecular formula is C13H17NO. The molecule has 1 aromatic carbocycles. The molecule has 15 heavy (non-hydrogen) atoms. The lowest BCUT2D eigenvalue weighted by Crippen LogP contribution is -2.24. The van der Waals surface area contributed by atoms with Crippen LogP contribution in [0, 0.1) is 6.92 Å². The maximum Gasteiger partial charge on any atom is 0.244 e. The van der Waals surface area contributed by atoms with Gasteiger partial charge in [-0.1, -0.05) is 35.9 Å². The fourth-order valence-corrected chi connectivity index (χ4v) is 1.35. The zero-order valence-electron chi connectivity index (χ0n) is 9.45. The van der Waals surface area contributed by atoms with Gasteiger partial charge in [-0.15, -0.1) is 0 Å². The Kier molecular flexibility index (Phi) is 4.10. The largest absolute Gasteiger partial charge is 0.346 e. The predicted octanol–water partition coefficient (Wildman–Crippen LogP) is 2.75. The Bertz CT molecular complexity index is 351. The van der Waals surface area contributed by atoms with E-state index in [0.717, 1.165) is 5.56 Å². The van der Waals surface area contributed by atoms with E-state index >= 15 is 0 Å². The Hall–Kier alpha value is -1.57. The molecule has 2 heteroatoms. The van der Waals surface area contributed by atoms with Crippen molar-refractivity contribution in [3.8, 4) is 0 Å². The van der Waals surface area contributed by atoms with E-state index in [1.165, 1.54) is 11.6 Å². The number of allylic oxidation sites excluding steroid dienone is 1. The van der Waals surface area contributed by atoms with Gasteiger partial charge >= 0.3 is 0 Å². The molecule has 2 nitrogen and oxygen atoms in total. The molecule has 0 bridgehead atoms. The van der Waals surface area contributed by atoms with E-state index in [1.807, 2.05) is 45.0 Å². The van der Waals surface area contributed by atoms with Crippen molar-refractivity contribution in [2.45, 2.75) is 26.8 Å². The summed E-state index contributed by atoms with van der Waals surface area (Å²) in [6.45, 7) is 5.86. The first-order valence-corrected chi connectivity index (χ1v) is 5.13. The van der Waals surface area contributed by atoms with E-state index in [-0.39, 0.29) is 11.9 Å². The molecule has 1 rings (SSSR count). The SMILES string of the molecule is CC=CC(=O)NC(C)c1ccc(C)cc1. The molecule has 1 N–H and O–H groups in total. The van der Waals surface area contributed by atoms with Crippen LogP contribution in [0.2, 0.25) is 0 Å². The Balaban J connectivity index is 2.64. The average Bonchev–Trinajstić information content (AvgIpc) is 2.18. The van der Waals surface area contributed by atoms with Gasteiger partial charge in [-0.3, -0.25) is 4.79 Å². The van der Waals surface area contributed by atoms with Gasteiger partial charge in [-0.2, -0.15) is 0 Å². The third-order valence-electron chi connectivity index (χ3n) is 2.25. The number of carbonyl (C=O) groups excluding carboxylic acids is 1. The van der Waals surface area contributed by atoms with Gasteiger partial charge in [0.05, 0.1) is 6.04 Å². The summed E-state index contributed by atoms with van der Waals surface area (Å²) in [5, 5.41) is 2.89. The molecule has 0 aliphatic heterocycles. The number of benzene rings is 1. The van der Waals surface area contributed by atoms with Gasteiger partial charge < -0.3 is 5.32 Å². The summed E-state index contributed by atoms with van der Waals surface area (Å²) in [7, 11) is 0. The number of carbonyl (C=O) groups is 1. The molecule has 1 amide bonds. The number of aryl methyl sites for hydroxylation is 1. The summed E-state index contributed by atoms with van der Waals surface area (Å²) in [4.78, 5) is 11.3. The summed E-state index contributed by atoms with van der Waals surface area (Å²) in [6.07, 6.45) is 3.27. The fourth-order valence-electron chi connectivity index (χ4n) is 1.35. The van der Waals surface area contributed by atoms with Crippen molar-refractivity contribution in [1.82, 2.24) is 5.32 Å². The van der Waals surface area contributed by atoms with Crippen LogP contribution in [0.4, 0.5) is 0 Å². The highest BCUT2D eigenvalue weighted by molar-refractivity contribution is 5.87. The number of amides is 1. The van der Waals surface area contributed by atoms with Crippen molar-refractivity contribution in [3.63, 3.8) is 0 Å². The van der Waals surface area contributed by atoms with E-state index < -0.39 is 0 Å². The first-order chi connectivity index (χ1) is 7.13. The molecule has 0 fully saturated rings. The van der Waals surface area contributed by atoms with Crippen LogP contribution in [0.25, 0.3) is 0 Å². The highest BCUT2D eigenvalue weighted by Gasteiger charge is 2.06. The lowest BCUT2D eigenvalue weighted by atomic mass is 10.1. The minimum Gasteiger partial charge on any atom is -0.346 e. The third-order valence-corrected chi connectivity index (χ3v) is 2.25. The topological polar surface area (TPSA) is 29.1 Å². The summed E-state index contributed by atoms with van der Waals surface area (Å²) in [6, 6.07) is 8.22. The van der Waals surface area contributed by atoms with Crippen molar-refractivity contribution in [3.05, 3.63) is 47.5 Å². The van der Waals surface area contributed by atoms with Crippen molar-refractivity contribution in [2.24, 2.45) is 0 Å². The first-order valence-electron chi connectivity index (χ1n) is 5.13. The highest BCUT2D eigenvalue weighted by atomic mass is 16.1. The molecule has 0 spiro atoms. The molecular weight excluding hydrogens is 186 g/mol. The molecule has 0 saturated heterocycles. The lowest BCUT2D eigenvalue weighted by Gasteiger charge is -2.12. The van der Waals surface area contributed by atoms with Gasteiger partial charge in [0.25, 0.3) is 0 Å². The summed E-state index contributed by atoms with van der Waals surface area (Å²) >= 11 is 0.